The van der Waals surface area contributed by atoms with Crippen LogP contribution in [0.1, 0.15) is 25.7 Å². The predicted molar refractivity (Wildman–Crippen MR) is 75.3 cm³/mol. The highest BCUT2D eigenvalue weighted by molar-refractivity contribution is 5.50. The molecule has 3 rings (SSSR count). The number of aromatic nitrogens is 2. The lowest BCUT2D eigenvalue weighted by Crippen LogP contribution is -2.32. The van der Waals surface area contributed by atoms with Gasteiger partial charge in [0.25, 0.3) is 0 Å². The van der Waals surface area contributed by atoms with Crippen LogP contribution >= 0.6 is 0 Å². The zero-order valence-electron chi connectivity index (χ0n) is 11.0. The molecule has 1 unspecified atom stereocenters. The first-order valence-electron chi connectivity index (χ1n) is 6.98. The number of rotatable bonds is 4. The maximum atomic E-state index is 9.39. The number of hydrogen-bond acceptors (Lipinski definition) is 5. The van der Waals surface area contributed by atoms with Crippen LogP contribution in [-0.4, -0.2) is 40.3 Å². The van der Waals surface area contributed by atoms with Gasteiger partial charge < -0.3 is 15.3 Å². The molecule has 1 fully saturated rings. The first-order chi connectivity index (χ1) is 9.36. The SMILES string of the molecule is OCC1CCCN1c1cc(NC2CC=CC2)ncn1. The summed E-state index contributed by atoms with van der Waals surface area (Å²) >= 11 is 0. The van der Waals surface area contributed by atoms with Gasteiger partial charge in [-0.3, -0.25) is 0 Å². The van der Waals surface area contributed by atoms with Gasteiger partial charge in [-0.15, -0.1) is 0 Å². The van der Waals surface area contributed by atoms with Gasteiger partial charge >= 0.3 is 0 Å². The summed E-state index contributed by atoms with van der Waals surface area (Å²) in [5.41, 5.74) is 0. The van der Waals surface area contributed by atoms with Crippen molar-refractivity contribution < 1.29 is 5.11 Å². The molecule has 102 valence electrons. The molecular formula is C14H20N4O. The van der Waals surface area contributed by atoms with Crippen molar-refractivity contribution in [3.63, 3.8) is 0 Å². The van der Waals surface area contributed by atoms with Crippen molar-refractivity contribution in [1.82, 2.24) is 9.97 Å². The zero-order chi connectivity index (χ0) is 13.1. The Bertz CT molecular complexity index is 455. The molecule has 1 aliphatic heterocycles. The molecule has 5 heteroatoms. The molecule has 1 atom stereocenters. The summed E-state index contributed by atoms with van der Waals surface area (Å²) in [6.45, 7) is 1.16. The van der Waals surface area contributed by atoms with E-state index in [4.69, 9.17) is 0 Å². The molecule has 1 aromatic rings. The fourth-order valence-electron chi connectivity index (χ4n) is 2.85. The second-order valence-corrected chi connectivity index (χ2v) is 5.22. The van der Waals surface area contributed by atoms with Crippen molar-refractivity contribution in [3.8, 4) is 0 Å². The third-order valence-electron chi connectivity index (χ3n) is 3.89. The number of aliphatic hydroxyl groups excluding tert-OH is 1. The van der Waals surface area contributed by atoms with Crippen LogP contribution in [0, 0.1) is 0 Å². The molecule has 5 nitrogen and oxygen atoms in total. The van der Waals surface area contributed by atoms with E-state index in [9.17, 15) is 5.11 Å². The van der Waals surface area contributed by atoms with Gasteiger partial charge in [0.05, 0.1) is 12.6 Å². The normalized spacial score (nSPS) is 23.2. The lowest BCUT2D eigenvalue weighted by Gasteiger charge is -2.24. The fraction of sp³-hybridized carbons (Fsp3) is 0.571. The Morgan fingerprint density at radius 2 is 2.16 bits per heavy atom. The molecule has 0 spiro atoms. The summed E-state index contributed by atoms with van der Waals surface area (Å²) in [6, 6.07) is 2.65. The summed E-state index contributed by atoms with van der Waals surface area (Å²) in [4.78, 5) is 10.8. The molecule has 2 heterocycles. The molecular weight excluding hydrogens is 240 g/mol. The van der Waals surface area contributed by atoms with Crippen molar-refractivity contribution in [1.29, 1.82) is 0 Å². The van der Waals surface area contributed by atoms with Crippen LogP contribution in [0.3, 0.4) is 0 Å². The van der Waals surface area contributed by atoms with Gasteiger partial charge in [-0.05, 0) is 25.7 Å². The molecule has 0 amide bonds. The highest BCUT2D eigenvalue weighted by Crippen LogP contribution is 2.25. The molecule has 1 aliphatic carbocycles. The van der Waals surface area contributed by atoms with Crippen molar-refractivity contribution in [3.05, 3.63) is 24.5 Å². The van der Waals surface area contributed by atoms with Gasteiger partial charge in [-0.1, -0.05) is 12.2 Å². The fourth-order valence-corrected chi connectivity index (χ4v) is 2.85. The van der Waals surface area contributed by atoms with Crippen LogP contribution in [0.15, 0.2) is 24.5 Å². The van der Waals surface area contributed by atoms with Crippen LogP contribution in [0.4, 0.5) is 11.6 Å². The van der Waals surface area contributed by atoms with Crippen LogP contribution in [0.25, 0.3) is 0 Å². The molecule has 0 saturated carbocycles. The third-order valence-corrected chi connectivity index (χ3v) is 3.89. The maximum absolute atomic E-state index is 9.39. The summed E-state index contributed by atoms with van der Waals surface area (Å²) in [6.07, 6.45) is 10.3. The van der Waals surface area contributed by atoms with Crippen molar-refractivity contribution in [2.24, 2.45) is 0 Å². The van der Waals surface area contributed by atoms with E-state index in [2.05, 4.69) is 32.3 Å². The first-order valence-corrected chi connectivity index (χ1v) is 6.98. The molecule has 1 aromatic heterocycles. The molecule has 1 saturated heterocycles. The van der Waals surface area contributed by atoms with Gasteiger partial charge in [-0.2, -0.15) is 0 Å². The maximum Gasteiger partial charge on any atom is 0.134 e. The number of hydrogen-bond donors (Lipinski definition) is 2. The zero-order valence-corrected chi connectivity index (χ0v) is 11.0. The summed E-state index contributed by atoms with van der Waals surface area (Å²) in [5, 5.41) is 12.8. The Labute approximate surface area is 113 Å². The van der Waals surface area contributed by atoms with E-state index in [0.29, 0.717) is 6.04 Å². The molecule has 0 radical (unpaired) electrons. The van der Waals surface area contributed by atoms with Crippen LogP contribution < -0.4 is 10.2 Å². The van der Waals surface area contributed by atoms with Crippen LogP contribution in [0.5, 0.6) is 0 Å². The number of anilines is 2. The Morgan fingerprint density at radius 3 is 2.95 bits per heavy atom. The lowest BCUT2D eigenvalue weighted by atomic mass is 10.2. The minimum Gasteiger partial charge on any atom is -0.394 e. The molecule has 19 heavy (non-hydrogen) atoms. The second kappa shape index (κ2) is 5.57. The standard InChI is InChI=1S/C14H20N4O/c19-9-12-6-3-7-18(12)14-8-13(15-10-16-14)17-11-4-1-2-5-11/h1-2,8,10-12,19H,3-7,9H2,(H,15,16,17). The minimum atomic E-state index is 0.194. The highest BCUT2D eigenvalue weighted by Gasteiger charge is 2.25. The third kappa shape index (κ3) is 2.71. The van der Waals surface area contributed by atoms with E-state index < -0.39 is 0 Å². The van der Waals surface area contributed by atoms with Gasteiger partial charge in [-0.25, -0.2) is 9.97 Å². The monoisotopic (exact) mass is 260 g/mol. The largest absolute Gasteiger partial charge is 0.394 e. The van der Waals surface area contributed by atoms with Crippen molar-refractivity contribution in [2.45, 2.75) is 37.8 Å². The highest BCUT2D eigenvalue weighted by atomic mass is 16.3. The van der Waals surface area contributed by atoms with E-state index in [1.807, 2.05) is 6.07 Å². The average molecular weight is 260 g/mol. The van der Waals surface area contributed by atoms with Gasteiger partial charge in [0.2, 0.25) is 0 Å². The van der Waals surface area contributed by atoms with E-state index in [1.54, 1.807) is 6.33 Å². The summed E-state index contributed by atoms with van der Waals surface area (Å²) in [5.74, 6) is 1.79. The Morgan fingerprint density at radius 1 is 1.32 bits per heavy atom. The Hall–Kier alpha value is -1.62. The molecule has 2 N–H and O–H groups in total. The first kappa shape index (κ1) is 12.4. The second-order valence-electron chi connectivity index (χ2n) is 5.22. The topological polar surface area (TPSA) is 61.3 Å². The number of nitrogens with zero attached hydrogens (tertiary/aromatic N) is 3. The summed E-state index contributed by atoms with van der Waals surface area (Å²) in [7, 11) is 0. The smallest absolute Gasteiger partial charge is 0.134 e. The van der Waals surface area contributed by atoms with Crippen LogP contribution in [0.2, 0.25) is 0 Å². The minimum absolute atomic E-state index is 0.194. The number of aliphatic hydroxyl groups is 1. The van der Waals surface area contributed by atoms with Gasteiger partial charge in [0.1, 0.15) is 18.0 Å². The quantitative estimate of drug-likeness (QED) is 0.805. The van der Waals surface area contributed by atoms with Crippen LogP contribution in [-0.2, 0) is 0 Å². The summed E-state index contributed by atoms with van der Waals surface area (Å²) < 4.78 is 0. The van der Waals surface area contributed by atoms with Crippen molar-refractivity contribution in [2.75, 3.05) is 23.4 Å². The molecule has 0 aromatic carbocycles. The predicted octanol–water partition coefficient (Wildman–Crippen LogP) is 1.57. The van der Waals surface area contributed by atoms with Gasteiger partial charge in [0, 0.05) is 18.7 Å². The lowest BCUT2D eigenvalue weighted by molar-refractivity contribution is 0.266. The van der Waals surface area contributed by atoms with E-state index in [-0.39, 0.29) is 12.6 Å². The van der Waals surface area contributed by atoms with Gasteiger partial charge in [0.15, 0.2) is 0 Å². The Balaban J connectivity index is 1.72. The Kier molecular flexibility index (Phi) is 3.64. The van der Waals surface area contributed by atoms with E-state index in [0.717, 1.165) is 43.9 Å². The molecule has 0 bridgehead atoms. The molecule has 2 aliphatic rings. The van der Waals surface area contributed by atoms with E-state index in [1.165, 1.54) is 0 Å². The average Bonchev–Trinajstić information content (AvgIpc) is 3.09. The van der Waals surface area contributed by atoms with Crippen molar-refractivity contribution >= 4 is 11.6 Å². The number of nitrogens with one attached hydrogen (secondary N) is 1. The van der Waals surface area contributed by atoms with E-state index >= 15 is 0 Å².